The quantitative estimate of drug-likeness (QED) is 0.590. The minimum atomic E-state index is -0.390. The van der Waals surface area contributed by atoms with E-state index in [-0.39, 0.29) is 18.9 Å². The Hall–Kier alpha value is -2.97. The fourth-order valence-corrected chi connectivity index (χ4v) is 3.28. The predicted molar refractivity (Wildman–Crippen MR) is 105 cm³/mol. The van der Waals surface area contributed by atoms with Gasteiger partial charge in [-0.05, 0) is 43.3 Å². The number of halogens is 1. The number of carbonyl (C=O) groups excluding carboxylic acids is 1. The van der Waals surface area contributed by atoms with Gasteiger partial charge < -0.3 is 14.2 Å². The van der Waals surface area contributed by atoms with Crippen LogP contribution in [-0.4, -0.2) is 39.1 Å². The Morgan fingerprint density at radius 3 is 3.00 bits per heavy atom. The molecule has 0 radical (unpaired) electrons. The van der Waals surface area contributed by atoms with Crippen LogP contribution in [-0.2, 0) is 22.6 Å². The van der Waals surface area contributed by atoms with E-state index in [9.17, 15) is 4.79 Å². The molecular weight excluding hydrogens is 396 g/mol. The van der Waals surface area contributed by atoms with Gasteiger partial charge in [0.1, 0.15) is 5.75 Å². The highest BCUT2D eigenvalue weighted by atomic mass is 35.5. The van der Waals surface area contributed by atoms with Crippen LogP contribution in [0.25, 0.3) is 11.4 Å². The fraction of sp³-hybridized carbons (Fsp3) is 0.300. The molecule has 0 fully saturated rings. The summed E-state index contributed by atoms with van der Waals surface area (Å²) in [5, 5.41) is 13.2. The van der Waals surface area contributed by atoms with Gasteiger partial charge in [0.2, 0.25) is 5.82 Å². The molecule has 4 rings (SSSR count). The summed E-state index contributed by atoms with van der Waals surface area (Å²) in [6.45, 7) is 4.58. The lowest BCUT2D eigenvalue weighted by molar-refractivity contribution is -0.0171. The normalized spacial score (nSPS) is 13.1. The molecule has 0 bridgehead atoms. The van der Waals surface area contributed by atoms with Crippen LogP contribution < -0.4 is 4.74 Å². The molecule has 0 spiro atoms. The molecule has 2 aromatic carbocycles. The Labute approximate surface area is 172 Å². The van der Waals surface area contributed by atoms with E-state index in [4.69, 9.17) is 25.8 Å². The largest absolute Gasteiger partial charge is 0.467 e. The molecule has 8 nitrogen and oxygen atoms in total. The van der Waals surface area contributed by atoms with E-state index in [2.05, 4.69) is 15.4 Å². The third-order valence-corrected chi connectivity index (χ3v) is 4.43. The van der Waals surface area contributed by atoms with Crippen LogP contribution in [0, 0.1) is 0 Å². The van der Waals surface area contributed by atoms with Crippen molar-refractivity contribution in [3.05, 3.63) is 58.1 Å². The van der Waals surface area contributed by atoms with Crippen LogP contribution in [0.2, 0.25) is 5.02 Å². The van der Waals surface area contributed by atoms with Crippen LogP contribution >= 0.6 is 11.6 Å². The summed E-state index contributed by atoms with van der Waals surface area (Å²) in [4.78, 5) is 13.6. The molecule has 0 amide bonds. The lowest BCUT2D eigenvalue weighted by Gasteiger charge is -2.20. The van der Waals surface area contributed by atoms with E-state index in [1.807, 2.05) is 18.2 Å². The zero-order valence-corrected chi connectivity index (χ0v) is 16.7. The van der Waals surface area contributed by atoms with E-state index >= 15 is 0 Å². The van der Waals surface area contributed by atoms with Crippen LogP contribution in [0.3, 0.4) is 0 Å². The van der Waals surface area contributed by atoms with Crippen molar-refractivity contribution < 1.29 is 19.0 Å². The summed E-state index contributed by atoms with van der Waals surface area (Å²) >= 11 is 6.21. The van der Waals surface area contributed by atoms with Gasteiger partial charge in [0.25, 0.3) is 0 Å². The van der Waals surface area contributed by atoms with Gasteiger partial charge in [0.15, 0.2) is 6.79 Å². The second-order valence-electron chi connectivity index (χ2n) is 6.84. The standard InChI is InChI=1S/C20H19ClN4O4/c1-12(2)29-20(26)14-5-3-4-13(6-14)19-22-24-25(23-19)9-15-7-17(21)8-16-10-27-11-28-18(15)16/h3-8,12H,9-11H2,1-2H3. The molecule has 29 heavy (non-hydrogen) atoms. The average molecular weight is 415 g/mol. The van der Waals surface area contributed by atoms with Crippen LogP contribution in [0.4, 0.5) is 0 Å². The van der Waals surface area contributed by atoms with Crippen molar-refractivity contribution in [2.45, 2.75) is 33.1 Å². The smallest absolute Gasteiger partial charge is 0.338 e. The molecule has 1 aliphatic heterocycles. The van der Waals surface area contributed by atoms with Crippen molar-refractivity contribution in [3.63, 3.8) is 0 Å². The summed E-state index contributed by atoms with van der Waals surface area (Å²) in [5.74, 6) is 0.751. The number of carbonyl (C=O) groups is 1. The van der Waals surface area contributed by atoms with Gasteiger partial charge in [-0.2, -0.15) is 4.80 Å². The molecule has 3 aromatic rings. The lowest BCUT2D eigenvalue weighted by atomic mass is 10.1. The van der Waals surface area contributed by atoms with Crippen molar-refractivity contribution in [1.82, 2.24) is 20.2 Å². The summed E-state index contributed by atoms with van der Waals surface area (Å²) in [5.41, 5.74) is 2.83. The summed E-state index contributed by atoms with van der Waals surface area (Å²) in [6, 6.07) is 10.6. The van der Waals surface area contributed by atoms with E-state index in [1.54, 1.807) is 32.0 Å². The van der Waals surface area contributed by atoms with Crippen molar-refractivity contribution in [1.29, 1.82) is 0 Å². The van der Waals surface area contributed by atoms with E-state index in [0.29, 0.717) is 35.1 Å². The molecule has 0 saturated heterocycles. The molecule has 1 aromatic heterocycles. The number of hydrogen-bond donors (Lipinski definition) is 0. The number of benzene rings is 2. The minimum absolute atomic E-state index is 0.191. The van der Waals surface area contributed by atoms with Gasteiger partial charge in [-0.3, -0.25) is 0 Å². The first-order chi connectivity index (χ1) is 14.0. The molecule has 0 aliphatic carbocycles. The maximum Gasteiger partial charge on any atom is 0.338 e. The maximum absolute atomic E-state index is 12.1. The van der Waals surface area contributed by atoms with Gasteiger partial charge in [0.05, 0.1) is 24.8 Å². The molecule has 1 aliphatic rings. The van der Waals surface area contributed by atoms with E-state index in [0.717, 1.165) is 16.9 Å². The number of rotatable bonds is 5. The molecule has 0 N–H and O–H groups in total. The van der Waals surface area contributed by atoms with E-state index < -0.39 is 0 Å². The number of esters is 1. The third-order valence-electron chi connectivity index (χ3n) is 4.22. The summed E-state index contributed by atoms with van der Waals surface area (Å²) in [6.07, 6.45) is -0.193. The first-order valence-electron chi connectivity index (χ1n) is 9.10. The summed E-state index contributed by atoms with van der Waals surface area (Å²) < 4.78 is 16.2. The SMILES string of the molecule is CC(C)OC(=O)c1cccc(-c2nnn(Cc3cc(Cl)cc4c3OCOC4)n2)c1. The topological polar surface area (TPSA) is 88.4 Å². The molecule has 0 unspecified atom stereocenters. The highest BCUT2D eigenvalue weighted by molar-refractivity contribution is 6.30. The van der Waals surface area contributed by atoms with Gasteiger partial charge in [-0.15, -0.1) is 10.2 Å². The third kappa shape index (κ3) is 4.38. The van der Waals surface area contributed by atoms with E-state index in [1.165, 1.54) is 4.80 Å². The van der Waals surface area contributed by atoms with Crippen molar-refractivity contribution in [2.24, 2.45) is 0 Å². The number of fused-ring (bicyclic) bond motifs is 1. The number of ether oxygens (including phenoxy) is 3. The second kappa shape index (κ2) is 8.18. The Kier molecular flexibility index (Phi) is 5.46. The highest BCUT2D eigenvalue weighted by Gasteiger charge is 2.18. The number of hydrogen-bond acceptors (Lipinski definition) is 7. The van der Waals surface area contributed by atoms with Crippen molar-refractivity contribution >= 4 is 17.6 Å². The zero-order chi connectivity index (χ0) is 20.4. The summed E-state index contributed by atoms with van der Waals surface area (Å²) in [7, 11) is 0. The monoisotopic (exact) mass is 414 g/mol. The first kappa shape index (κ1) is 19.4. The Balaban J connectivity index is 1.57. The number of tetrazole rings is 1. The Morgan fingerprint density at radius 1 is 1.31 bits per heavy atom. The van der Waals surface area contributed by atoms with Crippen molar-refractivity contribution in [3.8, 4) is 17.1 Å². The number of aromatic nitrogens is 4. The predicted octanol–water partition coefficient (Wildman–Crippen LogP) is 3.47. The van der Waals surface area contributed by atoms with Crippen LogP contribution in [0.15, 0.2) is 36.4 Å². The Bertz CT molecular complexity index is 1050. The molecule has 9 heteroatoms. The maximum atomic E-state index is 12.1. The zero-order valence-electron chi connectivity index (χ0n) is 16.0. The molecule has 0 atom stereocenters. The molecule has 150 valence electrons. The first-order valence-corrected chi connectivity index (χ1v) is 9.48. The molecule has 2 heterocycles. The van der Waals surface area contributed by atoms with Gasteiger partial charge >= 0.3 is 5.97 Å². The Morgan fingerprint density at radius 2 is 2.17 bits per heavy atom. The minimum Gasteiger partial charge on any atom is -0.467 e. The van der Waals surface area contributed by atoms with Gasteiger partial charge in [0, 0.05) is 21.7 Å². The lowest BCUT2D eigenvalue weighted by Crippen LogP contribution is -2.15. The van der Waals surface area contributed by atoms with Gasteiger partial charge in [-0.25, -0.2) is 4.79 Å². The fourth-order valence-electron chi connectivity index (χ4n) is 3.02. The van der Waals surface area contributed by atoms with Crippen LogP contribution in [0.1, 0.15) is 35.3 Å². The van der Waals surface area contributed by atoms with Crippen molar-refractivity contribution in [2.75, 3.05) is 6.79 Å². The molecule has 0 saturated carbocycles. The average Bonchev–Trinajstić information content (AvgIpc) is 3.16. The highest BCUT2D eigenvalue weighted by Crippen LogP contribution is 2.32. The second-order valence-corrected chi connectivity index (χ2v) is 7.28. The number of nitrogens with zero attached hydrogens (tertiary/aromatic N) is 4. The van der Waals surface area contributed by atoms with Gasteiger partial charge in [-0.1, -0.05) is 23.7 Å². The molecular formula is C20H19ClN4O4. The van der Waals surface area contributed by atoms with Crippen LogP contribution in [0.5, 0.6) is 5.75 Å².